The normalized spacial score (nSPS) is 18.4. The lowest BCUT2D eigenvalue weighted by Crippen LogP contribution is -2.45. The van der Waals surface area contributed by atoms with Crippen molar-refractivity contribution in [1.82, 2.24) is 10.2 Å². The fourth-order valence-electron chi connectivity index (χ4n) is 3.34. The number of hydrogen-bond acceptors (Lipinski definition) is 3. The van der Waals surface area contributed by atoms with Crippen LogP contribution in [-0.4, -0.2) is 29.8 Å². The summed E-state index contributed by atoms with van der Waals surface area (Å²) in [5.41, 5.74) is 1.05. The Bertz CT molecular complexity index is 746. The van der Waals surface area contributed by atoms with Crippen LogP contribution in [0, 0.1) is 5.92 Å². The number of nitrogens with one attached hydrogen (secondary N) is 1. The van der Waals surface area contributed by atoms with E-state index in [0.717, 1.165) is 36.2 Å². The van der Waals surface area contributed by atoms with Crippen LogP contribution in [0.3, 0.4) is 0 Å². The lowest BCUT2D eigenvalue weighted by molar-refractivity contribution is -0.127. The SMILES string of the molecule is CCC(NC(=O)C1CCCN(C(=O)c2cccs2)C1)c1ccc(Cl)cc1. The summed E-state index contributed by atoms with van der Waals surface area (Å²) in [6.07, 6.45) is 2.47. The van der Waals surface area contributed by atoms with Gasteiger partial charge in [0.15, 0.2) is 0 Å². The lowest BCUT2D eigenvalue weighted by atomic mass is 9.95. The molecule has 1 aliphatic rings. The summed E-state index contributed by atoms with van der Waals surface area (Å²) in [6, 6.07) is 11.3. The molecule has 3 rings (SSSR count). The average molecular weight is 391 g/mol. The molecule has 1 aromatic carbocycles. The molecule has 0 saturated carbocycles. The maximum Gasteiger partial charge on any atom is 0.263 e. The molecule has 1 N–H and O–H groups in total. The van der Waals surface area contributed by atoms with Crippen molar-refractivity contribution in [2.75, 3.05) is 13.1 Å². The topological polar surface area (TPSA) is 49.4 Å². The number of piperidine rings is 1. The molecule has 0 spiro atoms. The molecule has 26 heavy (non-hydrogen) atoms. The van der Waals surface area contributed by atoms with Gasteiger partial charge in [0, 0.05) is 18.1 Å². The Balaban J connectivity index is 1.63. The van der Waals surface area contributed by atoms with Gasteiger partial charge in [0.05, 0.1) is 16.8 Å². The van der Waals surface area contributed by atoms with E-state index >= 15 is 0 Å². The number of amides is 2. The zero-order valence-electron chi connectivity index (χ0n) is 14.8. The second-order valence-electron chi connectivity index (χ2n) is 6.59. The van der Waals surface area contributed by atoms with Crippen LogP contribution in [0.4, 0.5) is 0 Å². The van der Waals surface area contributed by atoms with Gasteiger partial charge >= 0.3 is 0 Å². The highest BCUT2D eigenvalue weighted by Crippen LogP contribution is 2.23. The number of carbonyl (C=O) groups is 2. The molecule has 138 valence electrons. The number of nitrogens with zero attached hydrogens (tertiary/aromatic N) is 1. The molecule has 1 saturated heterocycles. The van der Waals surface area contributed by atoms with Crippen LogP contribution in [-0.2, 0) is 4.79 Å². The van der Waals surface area contributed by atoms with Gasteiger partial charge in [-0.15, -0.1) is 11.3 Å². The first-order valence-electron chi connectivity index (χ1n) is 8.97. The minimum atomic E-state index is -0.158. The van der Waals surface area contributed by atoms with E-state index in [1.807, 2.05) is 53.6 Å². The highest BCUT2D eigenvalue weighted by atomic mass is 35.5. The summed E-state index contributed by atoms with van der Waals surface area (Å²) >= 11 is 7.40. The van der Waals surface area contributed by atoms with Crippen LogP contribution in [0.15, 0.2) is 41.8 Å². The Morgan fingerprint density at radius 3 is 2.73 bits per heavy atom. The van der Waals surface area contributed by atoms with Crippen LogP contribution >= 0.6 is 22.9 Å². The molecule has 2 amide bonds. The van der Waals surface area contributed by atoms with E-state index in [9.17, 15) is 9.59 Å². The Labute approximate surface area is 163 Å². The van der Waals surface area contributed by atoms with Crippen molar-refractivity contribution in [3.05, 3.63) is 57.2 Å². The summed E-state index contributed by atoms with van der Waals surface area (Å²) < 4.78 is 0. The first-order chi connectivity index (χ1) is 12.6. The maximum atomic E-state index is 12.8. The van der Waals surface area contributed by atoms with Gasteiger partial charge in [-0.2, -0.15) is 0 Å². The van der Waals surface area contributed by atoms with E-state index in [-0.39, 0.29) is 23.8 Å². The van der Waals surface area contributed by atoms with Crippen molar-refractivity contribution in [1.29, 1.82) is 0 Å². The van der Waals surface area contributed by atoms with Gasteiger partial charge in [-0.3, -0.25) is 9.59 Å². The molecule has 2 unspecified atom stereocenters. The second kappa shape index (κ2) is 8.69. The largest absolute Gasteiger partial charge is 0.349 e. The van der Waals surface area contributed by atoms with E-state index in [1.54, 1.807) is 0 Å². The van der Waals surface area contributed by atoms with Gasteiger partial charge in [0.25, 0.3) is 5.91 Å². The molecule has 0 radical (unpaired) electrons. The number of likely N-dealkylation sites (tertiary alicyclic amines) is 1. The standard InChI is InChI=1S/C20H23ClN2O2S/c1-2-17(14-7-9-16(21)10-8-14)22-19(24)15-5-3-11-23(13-15)20(25)18-6-4-12-26-18/h4,6-10,12,15,17H,2-3,5,11,13H2,1H3,(H,22,24). The monoisotopic (exact) mass is 390 g/mol. The van der Waals surface area contributed by atoms with E-state index in [2.05, 4.69) is 5.32 Å². The Hall–Kier alpha value is -1.85. The Kier molecular flexibility index (Phi) is 6.33. The molecule has 1 aromatic heterocycles. The molecule has 2 heterocycles. The first-order valence-corrected chi connectivity index (χ1v) is 10.2. The minimum absolute atomic E-state index is 0.0236. The van der Waals surface area contributed by atoms with Gasteiger partial charge in [-0.05, 0) is 48.4 Å². The lowest BCUT2D eigenvalue weighted by Gasteiger charge is -2.32. The molecular weight excluding hydrogens is 368 g/mol. The zero-order chi connectivity index (χ0) is 18.5. The average Bonchev–Trinajstić information content (AvgIpc) is 3.21. The summed E-state index contributed by atoms with van der Waals surface area (Å²) in [5, 5.41) is 5.74. The summed E-state index contributed by atoms with van der Waals surface area (Å²) in [6.45, 7) is 3.25. The van der Waals surface area contributed by atoms with Crippen LogP contribution < -0.4 is 5.32 Å². The van der Waals surface area contributed by atoms with Crippen LogP contribution in [0.2, 0.25) is 5.02 Å². The van der Waals surface area contributed by atoms with Crippen LogP contribution in [0.5, 0.6) is 0 Å². The minimum Gasteiger partial charge on any atom is -0.349 e. The smallest absolute Gasteiger partial charge is 0.263 e. The summed E-state index contributed by atoms with van der Waals surface area (Å²) in [7, 11) is 0. The van der Waals surface area contributed by atoms with Crippen LogP contribution in [0.1, 0.15) is 47.5 Å². The van der Waals surface area contributed by atoms with Crippen LogP contribution in [0.25, 0.3) is 0 Å². The Morgan fingerprint density at radius 2 is 2.08 bits per heavy atom. The van der Waals surface area contributed by atoms with E-state index in [4.69, 9.17) is 11.6 Å². The first kappa shape index (κ1) is 18.9. The molecule has 4 nitrogen and oxygen atoms in total. The number of carbonyl (C=O) groups excluding carboxylic acids is 2. The highest BCUT2D eigenvalue weighted by molar-refractivity contribution is 7.12. The summed E-state index contributed by atoms with van der Waals surface area (Å²) in [4.78, 5) is 27.9. The zero-order valence-corrected chi connectivity index (χ0v) is 16.4. The predicted molar refractivity (Wildman–Crippen MR) is 106 cm³/mol. The van der Waals surface area contributed by atoms with Gasteiger partial charge in [-0.1, -0.05) is 36.7 Å². The van der Waals surface area contributed by atoms with Crippen molar-refractivity contribution < 1.29 is 9.59 Å². The van der Waals surface area contributed by atoms with E-state index in [1.165, 1.54) is 11.3 Å². The molecule has 2 atom stereocenters. The molecular formula is C20H23ClN2O2S. The van der Waals surface area contributed by atoms with Crippen molar-refractivity contribution >= 4 is 34.8 Å². The number of thiophene rings is 1. The number of rotatable bonds is 5. The van der Waals surface area contributed by atoms with Crippen molar-refractivity contribution in [2.24, 2.45) is 5.92 Å². The van der Waals surface area contributed by atoms with E-state index < -0.39 is 0 Å². The third kappa shape index (κ3) is 4.46. The highest BCUT2D eigenvalue weighted by Gasteiger charge is 2.30. The predicted octanol–water partition coefficient (Wildman–Crippen LogP) is 4.52. The third-order valence-electron chi connectivity index (χ3n) is 4.81. The van der Waals surface area contributed by atoms with Crippen molar-refractivity contribution in [3.8, 4) is 0 Å². The fraction of sp³-hybridized carbons (Fsp3) is 0.400. The molecule has 1 aliphatic heterocycles. The number of hydrogen-bond donors (Lipinski definition) is 1. The van der Waals surface area contributed by atoms with E-state index in [0.29, 0.717) is 11.6 Å². The molecule has 6 heteroatoms. The molecule has 0 aliphatic carbocycles. The van der Waals surface area contributed by atoms with Crippen molar-refractivity contribution in [2.45, 2.75) is 32.2 Å². The number of benzene rings is 1. The van der Waals surface area contributed by atoms with Gasteiger partial charge in [0.1, 0.15) is 0 Å². The second-order valence-corrected chi connectivity index (χ2v) is 7.97. The Morgan fingerprint density at radius 1 is 1.31 bits per heavy atom. The molecule has 1 fully saturated rings. The van der Waals surface area contributed by atoms with Crippen molar-refractivity contribution in [3.63, 3.8) is 0 Å². The van der Waals surface area contributed by atoms with Gasteiger partial charge in [0.2, 0.25) is 5.91 Å². The van der Waals surface area contributed by atoms with Gasteiger partial charge < -0.3 is 10.2 Å². The maximum absolute atomic E-state index is 12.8. The van der Waals surface area contributed by atoms with Gasteiger partial charge in [-0.25, -0.2) is 0 Å². The summed E-state index contributed by atoms with van der Waals surface area (Å²) in [5.74, 6) is -0.105. The fourth-order valence-corrected chi connectivity index (χ4v) is 4.15. The molecule has 0 bridgehead atoms. The molecule has 2 aromatic rings. The number of halogens is 1. The quantitative estimate of drug-likeness (QED) is 0.815. The third-order valence-corrected chi connectivity index (χ3v) is 5.92.